The van der Waals surface area contributed by atoms with Gasteiger partial charge in [0.1, 0.15) is 0 Å². The van der Waals surface area contributed by atoms with E-state index in [-0.39, 0.29) is 6.10 Å². The Morgan fingerprint density at radius 3 is 2.76 bits per heavy atom. The smallest absolute Gasteiger partial charge is 0.0991 e. The van der Waals surface area contributed by atoms with Crippen molar-refractivity contribution in [3.05, 3.63) is 48.6 Å². The molecule has 1 aromatic rings. The fourth-order valence-electron chi connectivity index (χ4n) is 1.34. The summed E-state index contributed by atoms with van der Waals surface area (Å²) in [5.74, 6) is 0. The molecule has 0 fully saturated rings. The van der Waals surface area contributed by atoms with Gasteiger partial charge in [-0.3, -0.25) is 0 Å². The molecule has 1 atom stereocenters. The lowest BCUT2D eigenvalue weighted by Crippen LogP contribution is -2.21. The molecule has 3 nitrogen and oxygen atoms in total. The van der Waals surface area contributed by atoms with Crippen LogP contribution in [-0.2, 0) is 16.1 Å². The van der Waals surface area contributed by atoms with Crippen LogP contribution in [0, 0.1) is 0 Å². The SMILES string of the molecule is C=C[C@H](COCCNC)OCc1ccccc1. The largest absolute Gasteiger partial charge is 0.377 e. The molecule has 0 aromatic heterocycles. The lowest BCUT2D eigenvalue weighted by molar-refractivity contribution is 0.00150. The van der Waals surface area contributed by atoms with E-state index in [1.165, 1.54) is 0 Å². The summed E-state index contributed by atoms with van der Waals surface area (Å²) >= 11 is 0. The van der Waals surface area contributed by atoms with Crippen molar-refractivity contribution < 1.29 is 9.47 Å². The summed E-state index contributed by atoms with van der Waals surface area (Å²) in [4.78, 5) is 0. The third kappa shape index (κ3) is 6.22. The molecule has 0 spiro atoms. The Bertz CT molecular complexity index is 300. The zero-order valence-corrected chi connectivity index (χ0v) is 10.4. The molecule has 0 bridgehead atoms. The van der Waals surface area contributed by atoms with Crippen LogP contribution >= 0.6 is 0 Å². The van der Waals surface area contributed by atoms with Gasteiger partial charge in [0.05, 0.1) is 25.9 Å². The molecule has 0 unspecified atom stereocenters. The van der Waals surface area contributed by atoms with Crippen molar-refractivity contribution in [2.24, 2.45) is 0 Å². The monoisotopic (exact) mass is 235 g/mol. The second-order valence-corrected chi connectivity index (χ2v) is 3.75. The first-order chi connectivity index (χ1) is 8.36. The van der Waals surface area contributed by atoms with Gasteiger partial charge in [-0.1, -0.05) is 36.4 Å². The molecule has 0 amide bonds. The van der Waals surface area contributed by atoms with Gasteiger partial charge in [0.25, 0.3) is 0 Å². The minimum absolute atomic E-state index is 0.0490. The highest BCUT2D eigenvalue weighted by atomic mass is 16.5. The minimum Gasteiger partial charge on any atom is -0.377 e. The third-order valence-corrected chi connectivity index (χ3v) is 2.35. The second-order valence-electron chi connectivity index (χ2n) is 3.75. The van der Waals surface area contributed by atoms with Gasteiger partial charge in [-0.2, -0.15) is 0 Å². The van der Waals surface area contributed by atoms with E-state index in [1.54, 1.807) is 6.08 Å². The van der Waals surface area contributed by atoms with Gasteiger partial charge in [-0.25, -0.2) is 0 Å². The standard InChI is InChI=1S/C14H21NO2/c1-3-14(12-16-10-9-15-2)17-11-13-7-5-4-6-8-13/h3-8,14-15H,1,9-12H2,2H3/t14-/m1/s1. The molecule has 1 N–H and O–H groups in total. The Morgan fingerprint density at radius 1 is 1.35 bits per heavy atom. The van der Waals surface area contributed by atoms with E-state index >= 15 is 0 Å². The fourth-order valence-corrected chi connectivity index (χ4v) is 1.34. The van der Waals surface area contributed by atoms with Crippen molar-refractivity contribution in [3.63, 3.8) is 0 Å². The molecule has 0 aliphatic heterocycles. The fraction of sp³-hybridized carbons (Fsp3) is 0.429. The minimum atomic E-state index is -0.0490. The number of hydrogen-bond acceptors (Lipinski definition) is 3. The maximum absolute atomic E-state index is 5.69. The molecule has 17 heavy (non-hydrogen) atoms. The molecular formula is C14H21NO2. The summed E-state index contributed by atoms with van der Waals surface area (Å²) in [7, 11) is 1.90. The van der Waals surface area contributed by atoms with Crippen LogP contribution in [0.2, 0.25) is 0 Å². The van der Waals surface area contributed by atoms with Crippen molar-refractivity contribution in [1.82, 2.24) is 5.32 Å². The van der Waals surface area contributed by atoms with Crippen LogP contribution in [0.5, 0.6) is 0 Å². The molecule has 0 aliphatic rings. The molecule has 94 valence electrons. The molecule has 0 aliphatic carbocycles. The number of hydrogen-bond donors (Lipinski definition) is 1. The Morgan fingerprint density at radius 2 is 2.12 bits per heavy atom. The zero-order valence-electron chi connectivity index (χ0n) is 10.4. The maximum Gasteiger partial charge on any atom is 0.0991 e. The van der Waals surface area contributed by atoms with Crippen molar-refractivity contribution >= 4 is 0 Å². The van der Waals surface area contributed by atoms with E-state index < -0.39 is 0 Å². The summed E-state index contributed by atoms with van der Waals surface area (Å²) in [6.07, 6.45) is 1.73. The molecule has 0 radical (unpaired) electrons. The van der Waals surface area contributed by atoms with E-state index in [1.807, 2.05) is 37.4 Å². The predicted octanol–water partition coefficient (Wildman–Crippen LogP) is 1.99. The Hall–Kier alpha value is -1.16. The number of ether oxygens (including phenoxy) is 2. The summed E-state index contributed by atoms with van der Waals surface area (Å²) in [6, 6.07) is 10.1. The summed E-state index contributed by atoms with van der Waals surface area (Å²) in [5, 5.41) is 3.03. The molecule has 0 heterocycles. The van der Waals surface area contributed by atoms with E-state index in [2.05, 4.69) is 11.9 Å². The first kappa shape index (κ1) is 13.9. The third-order valence-electron chi connectivity index (χ3n) is 2.35. The predicted molar refractivity (Wildman–Crippen MR) is 70.0 cm³/mol. The summed E-state index contributed by atoms with van der Waals surface area (Å²) in [6.45, 7) is 6.44. The molecule has 3 heteroatoms. The number of nitrogens with one attached hydrogen (secondary N) is 1. The van der Waals surface area contributed by atoms with Gasteiger partial charge < -0.3 is 14.8 Å². The normalized spacial score (nSPS) is 12.3. The average molecular weight is 235 g/mol. The Labute approximate surface area is 103 Å². The average Bonchev–Trinajstić information content (AvgIpc) is 2.39. The van der Waals surface area contributed by atoms with Crippen molar-refractivity contribution in [1.29, 1.82) is 0 Å². The van der Waals surface area contributed by atoms with Crippen LogP contribution in [-0.4, -0.2) is 32.9 Å². The first-order valence-electron chi connectivity index (χ1n) is 5.87. The van der Waals surface area contributed by atoms with Gasteiger partial charge in [-0.15, -0.1) is 6.58 Å². The van der Waals surface area contributed by atoms with Crippen molar-refractivity contribution in [3.8, 4) is 0 Å². The molecule has 0 saturated heterocycles. The molecular weight excluding hydrogens is 214 g/mol. The molecule has 1 rings (SSSR count). The number of rotatable bonds is 9. The Balaban J connectivity index is 2.20. The van der Waals surface area contributed by atoms with Gasteiger partial charge in [-0.05, 0) is 12.6 Å². The quantitative estimate of drug-likeness (QED) is 0.524. The van der Waals surface area contributed by atoms with E-state index in [0.29, 0.717) is 19.8 Å². The lowest BCUT2D eigenvalue weighted by Gasteiger charge is -2.14. The van der Waals surface area contributed by atoms with E-state index in [9.17, 15) is 0 Å². The topological polar surface area (TPSA) is 30.5 Å². The van der Waals surface area contributed by atoms with Crippen LogP contribution in [0.4, 0.5) is 0 Å². The van der Waals surface area contributed by atoms with E-state index in [4.69, 9.17) is 9.47 Å². The van der Waals surface area contributed by atoms with Crippen molar-refractivity contribution in [2.45, 2.75) is 12.7 Å². The highest BCUT2D eigenvalue weighted by molar-refractivity contribution is 5.13. The zero-order chi connectivity index (χ0) is 12.3. The van der Waals surface area contributed by atoms with Gasteiger partial charge >= 0.3 is 0 Å². The summed E-state index contributed by atoms with van der Waals surface area (Å²) < 4.78 is 11.2. The molecule has 1 aromatic carbocycles. The number of benzene rings is 1. The maximum atomic E-state index is 5.69. The number of likely N-dealkylation sites (N-methyl/N-ethyl adjacent to an activating group) is 1. The van der Waals surface area contributed by atoms with Crippen molar-refractivity contribution in [2.75, 3.05) is 26.8 Å². The van der Waals surface area contributed by atoms with Crippen LogP contribution < -0.4 is 5.32 Å². The summed E-state index contributed by atoms with van der Waals surface area (Å²) in [5.41, 5.74) is 1.16. The Kier molecular flexibility index (Phi) is 7.30. The first-order valence-corrected chi connectivity index (χ1v) is 5.87. The highest BCUT2D eigenvalue weighted by Gasteiger charge is 2.04. The second kappa shape index (κ2) is 8.93. The van der Waals surface area contributed by atoms with Crippen LogP contribution in [0.15, 0.2) is 43.0 Å². The highest BCUT2D eigenvalue weighted by Crippen LogP contribution is 2.04. The van der Waals surface area contributed by atoms with Gasteiger partial charge in [0, 0.05) is 6.54 Å². The van der Waals surface area contributed by atoms with Gasteiger partial charge in [0.2, 0.25) is 0 Å². The lowest BCUT2D eigenvalue weighted by atomic mass is 10.2. The van der Waals surface area contributed by atoms with Crippen LogP contribution in [0.3, 0.4) is 0 Å². The van der Waals surface area contributed by atoms with E-state index in [0.717, 1.165) is 12.1 Å². The van der Waals surface area contributed by atoms with Crippen LogP contribution in [0.1, 0.15) is 5.56 Å². The molecule has 0 saturated carbocycles. The van der Waals surface area contributed by atoms with Gasteiger partial charge in [0.15, 0.2) is 0 Å². The van der Waals surface area contributed by atoms with Crippen LogP contribution in [0.25, 0.3) is 0 Å².